The van der Waals surface area contributed by atoms with Crippen LogP contribution in [-0.4, -0.2) is 10.2 Å². The van der Waals surface area contributed by atoms with E-state index in [2.05, 4.69) is 54.7 Å². The Hall–Kier alpha value is -2.45. The van der Waals surface area contributed by atoms with Crippen molar-refractivity contribution in [2.24, 2.45) is 5.41 Å². The van der Waals surface area contributed by atoms with E-state index in [0.29, 0.717) is 0 Å². The lowest BCUT2D eigenvalue weighted by Crippen LogP contribution is -1.99. The van der Waals surface area contributed by atoms with Gasteiger partial charge in [0.25, 0.3) is 0 Å². The molecule has 0 bridgehead atoms. The molecule has 0 saturated carbocycles. The normalized spacial score (nSPS) is 10.1. The van der Waals surface area contributed by atoms with Crippen molar-refractivity contribution in [3.8, 4) is 23.7 Å². The van der Waals surface area contributed by atoms with Crippen LogP contribution in [0.5, 0.6) is 0 Å². The largest absolute Gasteiger partial charge is 0.269 e. The fourth-order valence-corrected chi connectivity index (χ4v) is 1.39. The molecule has 0 saturated heterocycles. The lowest BCUT2D eigenvalue weighted by molar-refractivity contribution is 0.571. The zero-order valence-corrected chi connectivity index (χ0v) is 11.4. The van der Waals surface area contributed by atoms with Crippen molar-refractivity contribution in [2.75, 3.05) is 0 Å². The Labute approximate surface area is 114 Å². The SMILES string of the molecule is CC(C)(C)C#Cc1cn[nH]c1C#Cc1ccccc1. The van der Waals surface area contributed by atoms with Gasteiger partial charge < -0.3 is 0 Å². The van der Waals surface area contributed by atoms with Gasteiger partial charge in [-0.3, -0.25) is 5.10 Å². The topological polar surface area (TPSA) is 28.7 Å². The van der Waals surface area contributed by atoms with E-state index in [0.717, 1.165) is 16.8 Å². The number of nitrogens with zero attached hydrogens (tertiary/aromatic N) is 1. The highest BCUT2D eigenvalue weighted by molar-refractivity contribution is 5.48. The van der Waals surface area contributed by atoms with E-state index in [1.807, 2.05) is 30.3 Å². The van der Waals surface area contributed by atoms with Crippen LogP contribution in [0.4, 0.5) is 0 Å². The molecular weight excluding hydrogens is 232 g/mol. The summed E-state index contributed by atoms with van der Waals surface area (Å²) in [5.41, 5.74) is 2.56. The predicted octanol–water partition coefficient (Wildman–Crippen LogP) is 3.21. The molecule has 0 spiro atoms. The standard InChI is InChI=1S/C17H16N2/c1-17(2,3)12-11-15-13-18-19-16(15)10-9-14-7-5-4-6-8-14/h4-8,13H,1-3H3,(H,18,19). The Morgan fingerprint density at radius 3 is 2.42 bits per heavy atom. The molecule has 2 rings (SSSR count). The third-order valence-electron chi connectivity index (χ3n) is 2.32. The Morgan fingerprint density at radius 2 is 1.74 bits per heavy atom. The average Bonchev–Trinajstić information content (AvgIpc) is 2.82. The van der Waals surface area contributed by atoms with E-state index >= 15 is 0 Å². The molecule has 0 atom stereocenters. The lowest BCUT2D eigenvalue weighted by atomic mass is 9.97. The van der Waals surface area contributed by atoms with Gasteiger partial charge in [-0.2, -0.15) is 5.10 Å². The minimum absolute atomic E-state index is 0.0264. The maximum atomic E-state index is 4.01. The molecule has 0 aliphatic carbocycles. The van der Waals surface area contributed by atoms with Gasteiger partial charge in [-0.05, 0) is 38.8 Å². The predicted molar refractivity (Wildman–Crippen MR) is 77.3 cm³/mol. The van der Waals surface area contributed by atoms with E-state index in [1.54, 1.807) is 6.20 Å². The molecule has 1 heterocycles. The quantitative estimate of drug-likeness (QED) is 0.713. The third-order valence-corrected chi connectivity index (χ3v) is 2.32. The molecule has 1 aromatic carbocycles. The summed E-state index contributed by atoms with van der Waals surface area (Å²) in [5, 5.41) is 6.89. The maximum absolute atomic E-state index is 4.01. The zero-order valence-electron chi connectivity index (χ0n) is 11.4. The van der Waals surface area contributed by atoms with E-state index < -0.39 is 0 Å². The Bertz CT molecular complexity index is 665. The second kappa shape index (κ2) is 5.46. The van der Waals surface area contributed by atoms with Crippen LogP contribution in [0.3, 0.4) is 0 Å². The molecule has 2 nitrogen and oxygen atoms in total. The number of hydrogen-bond acceptors (Lipinski definition) is 1. The summed E-state index contributed by atoms with van der Waals surface area (Å²) in [6.07, 6.45) is 1.72. The van der Waals surface area contributed by atoms with Crippen molar-refractivity contribution in [1.82, 2.24) is 10.2 Å². The molecule has 1 N–H and O–H groups in total. The summed E-state index contributed by atoms with van der Waals surface area (Å²) >= 11 is 0. The number of rotatable bonds is 0. The first-order valence-electron chi connectivity index (χ1n) is 6.18. The summed E-state index contributed by atoms with van der Waals surface area (Å²) in [7, 11) is 0. The molecule has 0 fully saturated rings. The van der Waals surface area contributed by atoms with Gasteiger partial charge in [0.15, 0.2) is 0 Å². The summed E-state index contributed by atoms with van der Waals surface area (Å²) in [5.74, 6) is 12.5. The van der Waals surface area contributed by atoms with E-state index in [4.69, 9.17) is 0 Å². The highest BCUT2D eigenvalue weighted by Crippen LogP contribution is 2.11. The van der Waals surface area contributed by atoms with Crippen LogP contribution >= 0.6 is 0 Å². The first kappa shape index (κ1) is 13.0. The molecule has 94 valence electrons. The van der Waals surface area contributed by atoms with Crippen LogP contribution in [0.1, 0.15) is 37.6 Å². The van der Waals surface area contributed by atoms with Crippen LogP contribution in [0.15, 0.2) is 36.5 Å². The summed E-state index contributed by atoms with van der Waals surface area (Å²) in [6, 6.07) is 9.87. The van der Waals surface area contributed by atoms with Crippen molar-refractivity contribution < 1.29 is 0 Å². The van der Waals surface area contributed by atoms with Gasteiger partial charge >= 0.3 is 0 Å². The van der Waals surface area contributed by atoms with Crippen LogP contribution < -0.4 is 0 Å². The molecular formula is C17H16N2. The Morgan fingerprint density at radius 1 is 1.00 bits per heavy atom. The van der Waals surface area contributed by atoms with Gasteiger partial charge in [-0.1, -0.05) is 36.0 Å². The number of nitrogens with one attached hydrogen (secondary N) is 1. The molecule has 19 heavy (non-hydrogen) atoms. The van der Waals surface area contributed by atoms with Gasteiger partial charge in [-0.15, -0.1) is 0 Å². The molecule has 0 unspecified atom stereocenters. The number of aromatic amines is 1. The van der Waals surface area contributed by atoms with Gasteiger partial charge in [0, 0.05) is 11.0 Å². The minimum Gasteiger partial charge on any atom is -0.269 e. The van der Waals surface area contributed by atoms with Gasteiger partial charge in [0.1, 0.15) is 5.69 Å². The molecule has 0 amide bonds. The van der Waals surface area contributed by atoms with E-state index in [1.165, 1.54) is 0 Å². The highest BCUT2D eigenvalue weighted by atomic mass is 15.1. The van der Waals surface area contributed by atoms with E-state index in [9.17, 15) is 0 Å². The van der Waals surface area contributed by atoms with Gasteiger partial charge in [0.05, 0.1) is 11.8 Å². The van der Waals surface area contributed by atoms with Crippen molar-refractivity contribution in [1.29, 1.82) is 0 Å². The van der Waals surface area contributed by atoms with Gasteiger partial charge in [0.2, 0.25) is 0 Å². The Kier molecular flexibility index (Phi) is 3.74. The summed E-state index contributed by atoms with van der Waals surface area (Å²) in [6.45, 7) is 6.24. The first-order chi connectivity index (χ1) is 9.04. The summed E-state index contributed by atoms with van der Waals surface area (Å²) < 4.78 is 0. The number of aromatic nitrogens is 2. The minimum atomic E-state index is -0.0264. The molecule has 0 aliphatic heterocycles. The van der Waals surface area contributed by atoms with Crippen molar-refractivity contribution >= 4 is 0 Å². The van der Waals surface area contributed by atoms with Crippen LogP contribution in [0.2, 0.25) is 0 Å². The van der Waals surface area contributed by atoms with Crippen LogP contribution in [0, 0.1) is 29.1 Å². The second-order valence-electron chi connectivity index (χ2n) is 5.27. The van der Waals surface area contributed by atoms with Crippen LogP contribution in [-0.2, 0) is 0 Å². The highest BCUT2D eigenvalue weighted by Gasteiger charge is 2.05. The van der Waals surface area contributed by atoms with E-state index in [-0.39, 0.29) is 5.41 Å². The molecule has 0 radical (unpaired) electrons. The van der Waals surface area contributed by atoms with Crippen molar-refractivity contribution in [3.63, 3.8) is 0 Å². The Balaban J connectivity index is 2.26. The second-order valence-corrected chi connectivity index (χ2v) is 5.27. The molecule has 0 aliphatic rings. The molecule has 2 heteroatoms. The fourth-order valence-electron chi connectivity index (χ4n) is 1.39. The molecule has 2 aromatic rings. The zero-order chi connectivity index (χ0) is 13.7. The molecule has 1 aromatic heterocycles. The first-order valence-corrected chi connectivity index (χ1v) is 6.18. The number of hydrogen-bond donors (Lipinski definition) is 1. The third kappa shape index (κ3) is 4.05. The smallest absolute Gasteiger partial charge is 0.123 e. The number of H-pyrrole nitrogens is 1. The van der Waals surface area contributed by atoms with Crippen molar-refractivity contribution in [3.05, 3.63) is 53.3 Å². The fraction of sp³-hybridized carbons (Fsp3) is 0.235. The van der Waals surface area contributed by atoms with Gasteiger partial charge in [-0.25, -0.2) is 0 Å². The summed E-state index contributed by atoms with van der Waals surface area (Å²) in [4.78, 5) is 0. The monoisotopic (exact) mass is 248 g/mol. The maximum Gasteiger partial charge on any atom is 0.123 e. The average molecular weight is 248 g/mol. The number of benzene rings is 1. The van der Waals surface area contributed by atoms with Crippen molar-refractivity contribution in [2.45, 2.75) is 20.8 Å². The lowest BCUT2D eigenvalue weighted by Gasteiger charge is -2.06. The van der Waals surface area contributed by atoms with Crippen LogP contribution in [0.25, 0.3) is 0 Å².